The van der Waals surface area contributed by atoms with E-state index >= 15 is 0 Å². The number of aliphatic hydroxyl groups excluding tert-OH is 1. The predicted molar refractivity (Wildman–Crippen MR) is 79.4 cm³/mol. The lowest BCUT2D eigenvalue weighted by atomic mass is 9.57. The van der Waals surface area contributed by atoms with Gasteiger partial charge in [-0.1, -0.05) is 26.0 Å². The fourth-order valence-electron chi connectivity index (χ4n) is 3.29. The summed E-state index contributed by atoms with van der Waals surface area (Å²) in [7, 11) is 0. The van der Waals surface area contributed by atoms with Gasteiger partial charge in [-0.25, -0.2) is 0 Å². The summed E-state index contributed by atoms with van der Waals surface area (Å²) in [6, 6.07) is 0. The van der Waals surface area contributed by atoms with Crippen molar-refractivity contribution < 1.29 is 20.1 Å². The zero-order valence-electron chi connectivity index (χ0n) is 13.6. The third kappa shape index (κ3) is 3.42. The largest absolute Gasteiger partial charge is 0.389 e. The van der Waals surface area contributed by atoms with Gasteiger partial charge in [0.05, 0.1) is 23.9 Å². The van der Waals surface area contributed by atoms with E-state index in [4.69, 9.17) is 4.74 Å². The number of aliphatic hydroxyl groups is 3. The van der Waals surface area contributed by atoms with Gasteiger partial charge in [-0.05, 0) is 34.1 Å². The average molecular weight is 286 g/mol. The molecule has 0 aliphatic heterocycles. The maximum absolute atomic E-state index is 11.0. The molecule has 1 fully saturated rings. The van der Waals surface area contributed by atoms with E-state index in [1.165, 1.54) is 6.08 Å². The first-order valence-corrected chi connectivity index (χ1v) is 7.39. The Bertz CT molecular complexity index is 337. The molecular formula is C16H30O4. The summed E-state index contributed by atoms with van der Waals surface area (Å²) in [6.45, 7) is 11.0. The Balaban J connectivity index is 3.08. The molecule has 118 valence electrons. The summed E-state index contributed by atoms with van der Waals surface area (Å²) in [5.74, 6) is 0. The van der Waals surface area contributed by atoms with Crippen molar-refractivity contribution in [2.75, 3.05) is 0 Å². The lowest BCUT2D eigenvalue weighted by Crippen LogP contribution is -2.65. The van der Waals surface area contributed by atoms with Gasteiger partial charge in [0, 0.05) is 11.8 Å². The van der Waals surface area contributed by atoms with Crippen LogP contribution < -0.4 is 0 Å². The van der Waals surface area contributed by atoms with Gasteiger partial charge in [0.25, 0.3) is 0 Å². The Labute approximate surface area is 122 Å². The Hall–Kier alpha value is -0.420. The quantitative estimate of drug-likeness (QED) is 0.692. The molecule has 0 aromatic rings. The second-order valence-electron chi connectivity index (χ2n) is 7.24. The molecule has 0 bridgehead atoms. The van der Waals surface area contributed by atoms with Crippen LogP contribution in [0.5, 0.6) is 0 Å². The van der Waals surface area contributed by atoms with Gasteiger partial charge in [0.15, 0.2) is 0 Å². The van der Waals surface area contributed by atoms with E-state index in [0.29, 0.717) is 12.8 Å². The summed E-state index contributed by atoms with van der Waals surface area (Å²) in [6.07, 6.45) is 3.45. The maximum Gasteiger partial charge on any atom is 0.116 e. The van der Waals surface area contributed by atoms with Crippen LogP contribution in [0.2, 0.25) is 0 Å². The van der Waals surface area contributed by atoms with Gasteiger partial charge < -0.3 is 20.1 Å². The predicted octanol–water partition coefficient (Wildman–Crippen LogP) is 2.02. The van der Waals surface area contributed by atoms with Crippen molar-refractivity contribution >= 4 is 0 Å². The molecule has 3 N–H and O–H groups in total. The highest BCUT2D eigenvalue weighted by Crippen LogP contribution is 2.51. The first-order valence-electron chi connectivity index (χ1n) is 7.39. The van der Waals surface area contributed by atoms with E-state index in [1.54, 1.807) is 19.9 Å². The molecule has 0 radical (unpaired) electrons. The van der Waals surface area contributed by atoms with Crippen molar-refractivity contribution in [2.24, 2.45) is 5.41 Å². The van der Waals surface area contributed by atoms with Gasteiger partial charge >= 0.3 is 0 Å². The van der Waals surface area contributed by atoms with Crippen LogP contribution in [0.1, 0.15) is 54.4 Å². The first-order chi connectivity index (χ1) is 8.91. The Kier molecular flexibility index (Phi) is 5.08. The van der Waals surface area contributed by atoms with Crippen molar-refractivity contribution in [2.45, 2.75) is 83.9 Å². The highest BCUT2D eigenvalue weighted by Gasteiger charge is 2.59. The van der Waals surface area contributed by atoms with Gasteiger partial charge in [-0.3, -0.25) is 0 Å². The molecule has 0 aromatic heterocycles. The average Bonchev–Trinajstić information content (AvgIpc) is 2.21. The fourth-order valence-corrected chi connectivity index (χ4v) is 3.29. The molecular weight excluding hydrogens is 256 g/mol. The third-order valence-corrected chi connectivity index (χ3v) is 4.30. The van der Waals surface area contributed by atoms with Crippen LogP contribution in [-0.4, -0.2) is 44.8 Å². The van der Waals surface area contributed by atoms with E-state index in [-0.39, 0.29) is 12.2 Å². The van der Waals surface area contributed by atoms with Crippen LogP contribution >= 0.6 is 0 Å². The van der Waals surface area contributed by atoms with Crippen LogP contribution in [0.3, 0.4) is 0 Å². The second kappa shape index (κ2) is 5.76. The van der Waals surface area contributed by atoms with E-state index in [0.717, 1.165) is 0 Å². The minimum Gasteiger partial charge on any atom is -0.389 e. The Morgan fingerprint density at radius 3 is 2.05 bits per heavy atom. The lowest BCUT2D eigenvalue weighted by Gasteiger charge is -2.55. The molecule has 0 spiro atoms. The second-order valence-corrected chi connectivity index (χ2v) is 7.24. The molecule has 0 aromatic carbocycles. The summed E-state index contributed by atoms with van der Waals surface area (Å²) in [4.78, 5) is 0. The highest BCUT2D eigenvalue weighted by molar-refractivity contribution is 5.21. The molecule has 1 aliphatic carbocycles. The third-order valence-electron chi connectivity index (χ3n) is 4.30. The van der Waals surface area contributed by atoms with Gasteiger partial charge in [0.1, 0.15) is 5.60 Å². The zero-order valence-corrected chi connectivity index (χ0v) is 13.6. The zero-order chi connectivity index (χ0) is 15.8. The number of hydrogen-bond donors (Lipinski definition) is 3. The molecule has 0 saturated heterocycles. The molecule has 0 heterocycles. The summed E-state index contributed by atoms with van der Waals surface area (Å²) >= 11 is 0. The van der Waals surface area contributed by atoms with Gasteiger partial charge in [-0.15, -0.1) is 0 Å². The minimum absolute atomic E-state index is 0.0831. The fraction of sp³-hybridized carbons (Fsp3) is 0.875. The summed E-state index contributed by atoms with van der Waals surface area (Å²) < 4.78 is 5.84. The van der Waals surface area contributed by atoms with Crippen molar-refractivity contribution in [3.05, 3.63) is 12.2 Å². The van der Waals surface area contributed by atoms with Crippen LogP contribution in [0, 0.1) is 5.41 Å². The topological polar surface area (TPSA) is 69.9 Å². The smallest absolute Gasteiger partial charge is 0.116 e. The van der Waals surface area contributed by atoms with Crippen molar-refractivity contribution in [1.82, 2.24) is 0 Å². The van der Waals surface area contributed by atoms with Crippen LogP contribution in [0.25, 0.3) is 0 Å². The molecule has 1 saturated carbocycles. The molecule has 4 atom stereocenters. The van der Waals surface area contributed by atoms with Gasteiger partial charge in [0.2, 0.25) is 0 Å². The monoisotopic (exact) mass is 286 g/mol. The molecule has 0 amide bonds. The van der Waals surface area contributed by atoms with Crippen LogP contribution in [-0.2, 0) is 4.74 Å². The van der Waals surface area contributed by atoms with Gasteiger partial charge in [-0.2, -0.15) is 0 Å². The Morgan fingerprint density at radius 1 is 1.10 bits per heavy atom. The molecule has 4 heteroatoms. The highest BCUT2D eigenvalue weighted by atomic mass is 16.5. The van der Waals surface area contributed by atoms with E-state index in [9.17, 15) is 15.3 Å². The summed E-state index contributed by atoms with van der Waals surface area (Å²) in [5, 5.41) is 31.2. The molecule has 4 nitrogen and oxygen atoms in total. The first kappa shape index (κ1) is 17.6. The molecule has 1 aliphatic rings. The normalized spacial score (nSPS) is 39.4. The van der Waals surface area contributed by atoms with E-state index in [2.05, 4.69) is 0 Å². The minimum atomic E-state index is -1.40. The van der Waals surface area contributed by atoms with Crippen molar-refractivity contribution in [1.29, 1.82) is 0 Å². The molecule has 20 heavy (non-hydrogen) atoms. The summed E-state index contributed by atoms with van der Waals surface area (Å²) in [5.41, 5.74) is -3.26. The molecule has 0 unspecified atom stereocenters. The van der Waals surface area contributed by atoms with E-state index < -0.39 is 22.7 Å². The molecule has 1 rings (SSSR count). The van der Waals surface area contributed by atoms with Crippen molar-refractivity contribution in [3.8, 4) is 0 Å². The number of hydrogen-bond acceptors (Lipinski definition) is 4. The van der Waals surface area contributed by atoms with Crippen molar-refractivity contribution in [3.63, 3.8) is 0 Å². The van der Waals surface area contributed by atoms with E-state index in [1.807, 2.05) is 27.7 Å². The maximum atomic E-state index is 11.0. The SMILES string of the molecule is CC(C)O[C@H]1CC(C)(C)[C@](O)(/C=C/[C@@H](C)O)[C@](C)(O)C1. The lowest BCUT2D eigenvalue weighted by molar-refractivity contribution is -0.227. The number of rotatable bonds is 4. The van der Waals surface area contributed by atoms with Crippen LogP contribution in [0.4, 0.5) is 0 Å². The van der Waals surface area contributed by atoms with Crippen LogP contribution in [0.15, 0.2) is 12.2 Å². The Morgan fingerprint density at radius 2 is 1.65 bits per heavy atom. The standard InChI is InChI=1S/C16H30O4/c1-11(2)20-13-9-14(4,5)16(19,8-7-12(3)17)15(6,18)10-13/h7-8,11-13,17-19H,9-10H2,1-6H3/b8-7+/t12-,13+,15-,16-/m1/s1. The number of ether oxygens (including phenoxy) is 1.